The van der Waals surface area contributed by atoms with Crippen LogP contribution in [-0.4, -0.2) is 35.3 Å². The van der Waals surface area contributed by atoms with E-state index in [9.17, 15) is 9.59 Å². The van der Waals surface area contributed by atoms with Crippen LogP contribution in [0.5, 0.6) is 0 Å². The first-order chi connectivity index (χ1) is 13.4. The summed E-state index contributed by atoms with van der Waals surface area (Å²) in [7, 11) is 1.61. The first-order valence-electron chi connectivity index (χ1n) is 9.06. The number of amides is 2. The lowest BCUT2D eigenvalue weighted by Gasteiger charge is -2.19. The number of nitrogens with one attached hydrogen (secondary N) is 1. The van der Waals surface area contributed by atoms with E-state index in [4.69, 9.17) is 11.6 Å². The summed E-state index contributed by atoms with van der Waals surface area (Å²) in [5.41, 5.74) is 2.68. The van der Waals surface area contributed by atoms with Gasteiger partial charge in [0.05, 0.1) is 28.3 Å². The molecule has 5 nitrogen and oxygen atoms in total. The summed E-state index contributed by atoms with van der Waals surface area (Å²) in [5.74, 6) is -0.355. The first kappa shape index (κ1) is 19.8. The highest BCUT2D eigenvalue weighted by atomic mass is 35.5. The minimum Gasteiger partial charge on any atom is -0.332 e. The number of nitrogens with zero attached hydrogens (tertiary/aromatic N) is 2. The molecule has 0 radical (unpaired) electrons. The molecule has 28 heavy (non-hydrogen) atoms. The molecule has 0 saturated carbocycles. The lowest BCUT2D eigenvalue weighted by Crippen LogP contribution is -2.35. The molecule has 1 heterocycles. The van der Waals surface area contributed by atoms with Gasteiger partial charge in [-0.25, -0.2) is 0 Å². The van der Waals surface area contributed by atoms with E-state index in [2.05, 4.69) is 10.3 Å². The van der Waals surface area contributed by atoms with Crippen molar-refractivity contribution in [3.63, 3.8) is 0 Å². The molecule has 0 atom stereocenters. The van der Waals surface area contributed by atoms with E-state index >= 15 is 0 Å². The lowest BCUT2D eigenvalue weighted by molar-refractivity contribution is -0.116. The van der Waals surface area contributed by atoms with Crippen molar-refractivity contribution >= 4 is 40.0 Å². The summed E-state index contributed by atoms with van der Waals surface area (Å²) in [6, 6.07) is 16.3. The number of pyridine rings is 1. The second kappa shape index (κ2) is 8.40. The van der Waals surface area contributed by atoms with Gasteiger partial charge in [0.25, 0.3) is 5.91 Å². The first-order valence-corrected chi connectivity index (χ1v) is 9.44. The Morgan fingerprint density at radius 3 is 2.50 bits per heavy atom. The number of halogens is 1. The highest BCUT2D eigenvalue weighted by Crippen LogP contribution is 2.24. The Morgan fingerprint density at radius 2 is 1.79 bits per heavy atom. The number of hydrogen-bond donors (Lipinski definition) is 1. The van der Waals surface area contributed by atoms with Gasteiger partial charge in [-0.15, -0.1) is 0 Å². The Kier molecular flexibility index (Phi) is 5.95. The highest BCUT2D eigenvalue weighted by molar-refractivity contribution is 6.33. The molecule has 6 heteroatoms. The van der Waals surface area contributed by atoms with Gasteiger partial charge in [-0.05, 0) is 30.2 Å². The van der Waals surface area contributed by atoms with Crippen LogP contribution in [0.15, 0.2) is 54.6 Å². The molecule has 2 aromatic carbocycles. The summed E-state index contributed by atoms with van der Waals surface area (Å²) in [4.78, 5) is 31.5. The minimum atomic E-state index is -0.314. The number of para-hydroxylation sites is 2. The molecule has 0 bridgehead atoms. The number of anilines is 1. The Hall–Kier alpha value is -2.92. The second-order valence-electron chi connectivity index (χ2n) is 6.96. The predicted octanol–water partition coefficient (Wildman–Crippen LogP) is 4.72. The van der Waals surface area contributed by atoms with Crippen molar-refractivity contribution in [1.29, 1.82) is 0 Å². The van der Waals surface area contributed by atoms with Crippen LogP contribution >= 0.6 is 11.6 Å². The molecule has 0 aliphatic carbocycles. The van der Waals surface area contributed by atoms with Crippen molar-refractivity contribution in [3.05, 3.63) is 70.9 Å². The summed E-state index contributed by atoms with van der Waals surface area (Å²) in [6.07, 6.45) is 0. The van der Waals surface area contributed by atoms with Crippen LogP contribution in [-0.2, 0) is 4.79 Å². The smallest absolute Gasteiger partial charge is 0.254 e. The van der Waals surface area contributed by atoms with Crippen LogP contribution in [0.3, 0.4) is 0 Å². The molecule has 3 rings (SSSR count). The number of likely N-dealkylation sites (N-methyl/N-ethyl adjacent to an activating group) is 1. The molecule has 3 aromatic rings. The van der Waals surface area contributed by atoms with Crippen LogP contribution in [0.4, 0.5) is 5.69 Å². The Morgan fingerprint density at radius 1 is 1.11 bits per heavy atom. The number of rotatable bonds is 5. The van der Waals surface area contributed by atoms with E-state index in [1.54, 1.807) is 31.3 Å². The number of fused-ring (bicyclic) bond motifs is 1. The van der Waals surface area contributed by atoms with Gasteiger partial charge >= 0.3 is 0 Å². The van der Waals surface area contributed by atoms with Gasteiger partial charge in [-0.1, -0.05) is 55.8 Å². The zero-order valence-electron chi connectivity index (χ0n) is 16.1. The molecule has 1 N–H and O–H groups in total. The van der Waals surface area contributed by atoms with E-state index in [0.717, 1.165) is 16.6 Å². The Bertz CT molecular complexity index is 1030. The molecule has 0 fully saturated rings. The van der Waals surface area contributed by atoms with Crippen molar-refractivity contribution in [2.75, 3.05) is 18.9 Å². The topological polar surface area (TPSA) is 62.3 Å². The maximum Gasteiger partial charge on any atom is 0.254 e. The molecule has 1 aromatic heterocycles. The fourth-order valence-electron chi connectivity index (χ4n) is 2.91. The molecule has 0 saturated heterocycles. The van der Waals surface area contributed by atoms with E-state index in [0.29, 0.717) is 16.3 Å². The van der Waals surface area contributed by atoms with Crippen LogP contribution in [0, 0.1) is 0 Å². The third kappa shape index (κ3) is 4.31. The summed E-state index contributed by atoms with van der Waals surface area (Å²) in [5, 5.41) is 3.96. The van der Waals surface area contributed by atoms with Gasteiger partial charge in [0.2, 0.25) is 5.91 Å². The second-order valence-corrected chi connectivity index (χ2v) is 7.36. The minimum absolute atomic E-state index is 0.0856. The van der Waals surface area contributed by atoms with E-state index in [-0.39, 0.29) is 24.3 Å². The molecule has 0 aliphatic heterocycles. The van der Waals surface area contributed by atoms with E-state index in [1.165, 1.54) is 4.90 Å². The van der Waals surface area contributed by atoms with Gasteiger partial charge in [0.1, 0.15) is 0 Å². The van der Waals surface area contributed by atoms with Crippen LogP contribution in [0.2, 0.25) is 5.02 Å². The number of benzene rings is 2. The van der Waals surface area contributed by atoms with Gasteiger partial charge in [-0.2, -0.15) is 0 Å². The number of carbonyl (C=O) groups is 2. The van der Waals surface area contributed by atoms with E-state index in [1.807, 2.05) is 44.2 Å². The molecular weight excluding hydrogens is 374 g/mol. The zero-order valence-corrected chi connectivity index (χ0v) is 16.8. The zero-order chi connectivity index (χ0) is 20.3. The largest absolute Gasteiger partial charge is 0.332 e. The van der Waals surface area contributed by atoms with Crippen molar-refractivity contribution in [2.24, 2.45) is 0 Å². The van der Waals surface area contributed by atoms with Crippen LogP contribution in [0.25, 0.3) is 10.9 Å². The van der Waals surface area contributed by atoms with Gasteiger partial charge in [-0.3, -0.25) is 14.6 Å². The highest BCUT2D eigenvalue weighted by Gasteiger charge is 2.20. The Labute approximate surface area is 169 Å². The summed E-state index contributed by atoms with van der Waals surface area (Å²) in [6.45, 7) is 3.98. The van der Waals surface area contributed by atoms with Crippen molar-refractivity contribution in [3.8, 4) is 0 Å². The third-order valence-electron chi connectivity index (χ3n) is 4.43. The molecule has 0 unspecified atom stereocenters. The van der Waals surface area contributed by atoms with Crippen molar-refractivity contribution in [2.45, 2.75) is 19.8 Å². The number of aromatic nitrogens is 1. The molecule has 144 valence electrons. The normalized spacial score (nSPS) is 10.9. The fraction of sp³-hybridized carbons (Fsp3) is 0.227. The predicted molar refractivity (Wildman–Crippen MR) is 113 cm³/mol. The summed E-state index contributed by atoms with van der Waals surface area (Å²) >= 11 is 6.07. The lowest BCUT2D eigenvalue weighted by atomic mass is 10.0. The average Bonchev–Trinajstić information content (AvgIpc) is 2.68. The fourth-order valence-corrected chi connectivity index (χ4v) is 3.10. The van der Waals surface area contributed by atoms with Gasteiger partial charge in [0.15, 0.2) is 0 Å². The monoisotopic (exact) mass is 395 g/mol. The quantitative estimate of drug-likeness (QED) is 0.679. The maximum atomic E-state index is 13.1. The van der Waals surface area contributed by atoms with Crippen LogP contribution in [0.1, 0.15) is 35.8 Å². The molecule has 0 spiro atoms. The van der Waals surface area contributed by atoms with Gasteiger partial charge in [0, 0.05) is 18.1 Å². The maximum absolute atomic E-state index is 13.1. The molecule has 2 amide bonds. The van der Waals surface area contributed by atoms with Gasteiger partial charge < -0.3 is 10.2 Å². The Balaban J connectivity index is 1.83. The SMILES string of the molecule is CC(C)c1cc(C(=O)N(C)CC(=O)Nc2ccccc2Cl)c2ccccc2n1. The van der Waals surface area contributed by atoms with Crippen molar-refractivity contribution < 1.29 is 9.59 Å². The van der Waals surface area contributed by atoms with Crippen LogP contribution < -0.4 is 5.32 Å². The van der Waals surface area contributed by atoms with E-state index < -0.39 is 0 Å². The summed E-state index contributed by atoms with van der Waals surface area (Å²) < 4.78 is 0. The molecule has 0 aliphatic rings. The third-order valence-corrected chi connectivity index (χ3v) is 4.76. The average molecular weight is 396 g/mol. The molecular formula is C22H22ClN3O2. The standard InChI is InChI=1S/C22H22ClN3O2/c1-14(2)20-12-16(15-8-4-6-10-18(15)24-20)22(28)26(3)13-21(27)25-19-11-7-5-9-17(19)23/h4-12,14H,13H2,1-3H3,(H,25,27). The van der Waals surface area contributed by atoms with Crippen molar-refractivity contribution in [1.82, 2.24) is 9.88 Å². The number of carbonyl (C=O) groups excluding carboxylic acids is 2. The number of hydrogen-bond acceptors (Lipinski definition) is 3.